The highest BCUT2D eigenvalue weighted by atomic mass is 32.2. The summed E-state index contributed by atoms with van der Waals surface area (Å²) in [6.07, 6.45) is 0.194. The molecule has 2 aliphatic heterocycles. The van der Waals surface area contributed by atoms with E-state index in [1.165, 1.54) is 16.4 Å². The molecule has 25 heavy (non-hydrogen) atoms. The molecule has 0 bridgehead atoms. The van der Waals surface area contributed by atoms with Gasteiger partial charge < -0.3 is 14.9 Å². The molecule has 1 aromatic rings. The van der Waals surface area contributed by atoms with Gasteiger partial charge in [0, 0.05) is 19.5 Å². The van der Waals surface area contributed by atoms with Crippen molar-refractivity contribution in [3.05, 3.63) is 29.8 Å². The summed E-state index contributed by atoms with van der Waals surface area (Å²) in [6, 6.07) is 8.08. The van der Waals surface area contributed by atoms with E-state index in [1.807, 2.05) is 6.07 Å². The van der Waals surface area contributed by atoms with Crippen molar-refractivity contribution in [1.82, 2.24) is 4.31 Å². The van der Waals surface area contributed by atoms with Gasteiger partial charge in [0.05, 0.1) is 28.3 Å². The molecule has 1 unspecified atom stereocenters. The van der Waals surface area contributed by atoms with Gasteiger partial charge in [0.2, 0.25) is 10.0 Å². The van der Waals surface area contributed by atoms with Crippen LogP contribution in [0.15, 0.2) is 29.2 Å². The summed E-state index contributed by atoms with van der Waals surface area (Å²) in [7, 11) is -3.76. The third kappa shape index (κ3) is 3.30. The van der Waals surface area contributed by atoms with E-state index in [0.717, 1.165) is 0 Å². The first-order chi connectivity index (χ1) is 11.7. The Morgan fingerprint density at radius 3 is 2.56 bits per heavy atom. The van der Waals surface area contributed by atoms with Crippen LogP contribution in [-0.4, -0.2) is 59.9 Å². The molecule has 2 fully saturated rings. The van der Waals surface area contributed by atoms with Crippen LogP contribution in [0.2, 0.25) is 0 Å². The Hall–Kier alpha value is -1.50. The van der Waals surface area contributed by atoms with Crippen LogP contribution < -0.4 is 0 Å². The second-order valence-corrected chi connectivity index (χ2v) is 8.96. The molecule has 2 atom stereocenters. The number of nitrogens with zero attached hydrogens (tertiary/aromatic N) is 2. The highest BCUT2D eigenvalue weighted by Gasteiger charge is 2.49. The van der Waals surface area contributed by atoms with Crippen molar-refractivity contribution in [3.8, 4) is 6.07 Å². The van der Waals surface area contributed by atoms with Crippen LogP contribution >= 0.6 is 0 Å². The number of aliphatic hydroxyl groups excluding tert-OH is 1. The molecule has 2 N–H and O–H groups in total. The summed E-state index contributed by atoms with van der Waals surface area (Å²) < 4.78 is 32.9. The van der Waals surface area contributed by atoms with Gasteiger partial charge in [0.15, 0.2) is 0 Å². The molecular formula is C17H22N2O5S. The van der Waals surface area contributed by atoms with Gasteiger partial charge in [-0.2, -0.15) is 9.57 Å². The zero-order chi connectivity index (χ0) is 18.3. The third-order valence-electron chi connectivity index (χ3n) is 5.20. The predicted molar refractivity (Wildman–Crippen MR) is 89.1 cm³/mol. The predicted octanol–water partition coefficient (Wildman–Crippen LogP) is 0.614. The second-order valence-electron chi connectivity index (χ2n) is 7.06. The first kappa shape index (κ1) is 18.3. The number of benzene rings is 1. The molecule has 136 valence electrons. The first-order valence-electron chi connectivity index (χ1n) is 8.24. The van der Waals surface area contributed by atoms with Crippen molar-refractivity contribution in [2.75, 3.05) is 19.7 Å². The molecule has 0 radical (unpaired) electrons. The van der Waals surface area contributed by atoms with Crippen LogP contribution in [0.5, 0.6) is 0 Å². The van der Waals surface area contributed by atoms with Crippen molar-refractivity contribution >= 4 is 10.0 Å². The summed E-state index contributed by atoms with van der Waals surface area (Å²) in [5.74, 6) is 0. The molecule has 8 heteroatoms. The molecule has 0 amide bonds. The zero-order valence-electron chi connectivity index (χ0n) is 14.1. The Kier molecular flexibility index (Phi) is 4.64. The number of ether oxygens (including phenoxy) is 1. The molecule has 2 saturated heterocycles. The minimum Gasteiger partial charge on any atom is -0.388 e. The maximum absolute atomic E-state index is 12.9. The first-order valence-corrected chi connectivity index (χ1v) is 9.68. The number of hydrogen-bond donors (Lipinski definition) is 2. The number of sulfonamides is 1. The van der Waals surface area contributed by atoms with Crippen LogP contribution in [0.25, 0.3) is 0 Å². The Labute approximate surface area is 147 Å². The van der Waals surface area contributed by atoms with Gasteiger partial charge in [-0.25, -0.2) is 8.42 Å². The SMILES string of the molecule is C[C@]1(O)CC2(CCN(S(=O)(=O)c3ccccc3C#N)CC2)OCC1O. The molecule has 3 rings (SSSR count). The van der Waals surface area contributed by atoms with E-state index in [1.54, 1.807) is 19.1 Å². The lowest BCUT2D eigenvalue weighted by molar-refractivity contribution is -0.220. The van der Waals surface area contributed by atoms with Gasteiger partial charge in [0.1, 0.15) is 12.2 Å². The van der Waals surface area contributed by atoms with E-state index in [2.05, 4.69) is 0 Å². The molecule has 2 heterocycles. The maximum Gasteiger partial charge on any atom is 0.244 e. The number of piperidine rings is 1. The van der Waals surface area contributed by atoms with Gasteiger partial charge in [-0.3, -0.25) is 0 Å². The van der Waals surface area contributed by atoms with Crippen LogP contribution in [0.1, 0.15) is 31.7 Å². The fourth-order valence-corrected chi connectivity index (χ4v) is 5.22. The summed E-state index contributed by atoms with van der Waals surface area (Å²) in [6.45, 7) is 2.10. The smallest absolute Gasteiger partial charge is 0.244 e. The topological polar surface area (TPSA) is 111 Å². The summed E-state index contributed by atoms with van der Waals surface area (Å²) in [4.78, 5) is 0.0143. The lowest BCUT2D eigenvalue weighted by atomic mass is 9.77. The molecule has 0 aromatic heterocycles. The van der Waals surface area contributed by atoms with E-state index in [0.29, 0.717) is 12.8 Å². The lowest BCUT2D eigenvalue weighted by Crippen LogP contribution is -2.59. The number of nitriles is 1. The van der Waals surface area contributed by atoms with E-state index < -0.39 is 27.3 Å². The van der Waals surface area contributed by atoms with Crippen LogP contribution in [-0.2, 0) is 14.8 Å². The van der Waals surface area contributed by atoms with Crippen molar-refractivity contribution in [3.63, 3.8) is 0 Å². The normalized spacial score (nSPS) is 30.1. The molecule has 1 spiro atoms. The average molecular weight is 366 g/mol. The van der Waals surface area contributed by atoms with Crippen molar-refractivity contribution in [1.29, 1.82) is 5.26 Å². The Balaban J connectivity index is 1.77. The summed E-state index contributed by atoms with van der Waals surface area (Å²) >= 11 is 0. The molecule has 7 nitrogen and oxygen atoms in total. The van der Waals surface area contributed by atoms with Crippen molar-refractivity contribution in [2.24, 2.45) is 0 Å². The Morgan fingerprint density at radius 1 is 1.32 bits per heavy atom. The van der Waals surface area contributed by atoms with Crippen LogP contribution in [0.3, 0.4) is 0 Å². The summed E-state index contributed by atoms with van der Waals surface area (Å²) in [5, 5.41) is 29.3. The van der Waals surface area contributed by atoms with Crippen LogP contribution in [0, 0.1) is 11.3 Å². The third-order valence-corrected chi connectivity index (χ3v) is 7.16. The molecule has 2 aliphatic rings. The van der Waals surface area contributed by atoms with Gasteiger partial charge in [-0.05, 0) is 31.9 Å². The quantitative estimate of drug-likeness (QED) is 0.793. The van der Waals surface area contributed by atoms with Crippen LogP contribution in [0.4, 0.5) is 0 Å². The number of rotatable bonds is 2. The van der Waals surface area contributed by atoms with E-state index in [-0.39, 0.29) is 36.6 Å². The minimum atomic E-state index is -3.76. The van der Waals surface area contributed by atoms with Crippen molar-refractivity contribution < 1.29 is 23.4 Å². The highest BCUT2D eigenvalue weighted by molar-refractivity contribution is 7.89. The standard InChI is InChI=1S/C17H22N2O5S/c1-16(21)12-17(24-11-15(16)20)6-8-19(9-7-17)25(22,23)14-5-3-2-4-13(14)10-18/h2-5,15,20-21H,6-9,11-12H2,1H3/t15?,16-/m0/s1. The zero-order valence-corrected chi connectivity index (χ0v) is 14.9. The minimum absolute atomic E-state index is 0.0143. The molecule has 0 aliphatic carbocycles. The molecular weight excluding hydrogens is 344 g/mol. The monoisotopic (exact) mass is 366 g/mol. The Bertz CT molecular complexity index is 792. The fourth-order valence-electron chi connectivity index (χ4n) is 3.63. The Morgan fingerprint density at radius 2 is 1.96 bits per heavy atom. The van der Waals surface area contributed by atoms with Gasteiger partial charge in [-0.1, -0.05) is 12.1 Å². The maximum atomic E-state index is 12.9. The average Bonchev–Trinajstić information content (AvgIpc) is 2.58. The summed E-state index contributed by atoms with van der Waals surface area (Å²) in [5.41, 5.74) is -1.74. The van der Waals surface area contributed by atoms with E-state index >= 15 is 0 Å². The molecule has 0 saturated carbocycles. The molecule has 1 aromatic carbocycles. The second kappa shape index (κ2) is 6.34. The van der Waals surface area contributed by atoms with Gasteiger partial charge >= 0.3 is 0 Å². The number of hydrogen-bond acceptors (Lipinski definition) is 6. The fraction of sp³-hybridized carbons (Fsp3) is 0.588. The number of aliphatic hydroxyl groups is 2. The van der Waals surface area contributed by atoms with Gasteiger partial charge in [-0.15, -0.1) is 0 Å². The van der Waals surface area contributed by atoms with E-state index in [4.69, 9.17) is 10.00 Å². The lowest BCUT2D eigenvalue weighted by Gasteiger charge is -2.49. The van der Waals surface area contributed by atoms with E-state index in [9.17, 15) is 18.6 Å². The highest BCUT2D eigenvalue weighted by Crippen LogP contribution is 2.40. The van der Waals surface area contributed by atoms with Gasteiger partial charge in [0.25, 0.3) is 0 Å². The van der Waals surface area contributed by atoms with Crippen molar-refractivity contribution in [2.45, 2.75) is 48.4 Å². The largest absolute Gasteiger partial charge is 0.388 e.